The summed E-state index contributed by atoms with van der Waals surface area (Å²) in [5, 5.41) is 12.3. The normalized spacial score (nSPS) is 11.3. The lowest BCUT2D eigenvalue weighted by Crippen LogP contribution is -2.23. The van der Waals surface area contributed by atoms with Crippen molar-refractivity contribution in [1.82, 2.24) is 4.37 Å². The molecule has 71 valence electrons. The zero-order valence-electron chi connectivity index (χ0n) is 7.66. The third-order valence-electron chi connectivity index (χ3n) is 1.16. The van der Waals surface area contributed by atoms with E-state index in [1.165, 1.54) is 5.38 Å². The largest absolute Gasteiger partial charge is 0.456 e. The minimum Gasteiger partial charge on any atom is -0.456 e. The molecular weight excluding hydrogens is 190 g/mol. The molecule has 0 spiro atoms. The van der Waals surface area contributed by atoms with E-state index in [1.54, 1.807) is 20.8 Å². The Hall–Kier alpha value is -1.10. The molecule has 0 amide bonds. The first kappa shape index (κ1) is 9.98. The predicted octanol–water partition coefficient (Wildman–Crippen LogP) is 2.24. The molecule has 0 aromatic carbocycles. The molecule has 0 aliphatic heterocycles. The van der Waals surface area contributed by atoms with Gasteiger partial charge in [0, 0.05) is 5.38 Å². The molecule has 0 saturated carbocycles. The molecule has 0 atom stereocenters. The van der Waals surface area contributed by atoms with Gasteiger partial charge in [-0.05, 0) is 32.3 Å². The summed E-state index contributed by atoms with van der Waals surface area (Å²) in [4.78, 5) is 11.3. The number of esters is 1. The van der Waals surface area contributed by atoms with Crippen molar-refractivity contribution in [2.45, 2.75) is 26.4 Å². The maximum absolute atomic E-state index is 11.3. The highest BCUT2D eigenvalue weighted by Gasteiger charge is 2.22. The van der Waals surface area contributed by atoms with Crippen LogP contribution in [0.2, 0.25) is 0 Å². The molecule has 1 aromatic heterocycles. The minimum atomic E-state index is -0.605. The number of aromatic nitrogens is 1. The van der Waals surface area contributed by atoms with E-state index in [0.29, 0.717) is 0 Å². The maximum atomic E-state index is 11.3. The van der Waals surface area contributed by atoms with Crippen molar-refractivity contribution in [1.29, 1.82) is 0 Å². The Morgan fingerprint density at radius 1 is 1.54 bits per heavy atom. The lowest BCUT2D eigenvalue weighted by Gasteiger charge is -2.18. The van der Waals surface area contributed by atoms with Gasteiger partial charge in [-0.25, -0.2) is 4.79 Å². The Morgan fingerprint density at radius 2 is 2.15 bits per heavy atom. The second kappa shape index (κ2) is 3.33. The molecule has 1 rings (SSSR count). The van der Waals surface area contributed by atoms with Gasteiger partial charge >= 0.3 is 5.97 Å². The highest BCUT2D eigenvalue weighted by atomic mass is 32.1. The monoisotopic (exact) mass is 200 g/mol. The molecule has 1 radical (unpaired) electrons. The Bertz CT molecular complexity index is 313. The lowest BCUT2D eigenvalue weighted by molar-refractivity contribution is 0.00655. The number of hydrogen-bond acceptors (Lipinski definition) is 4. The lowest BCUT2D eigenvalue weighted by atomic mass is 10.2. The summed E-state index contributed by atoms with van der Waals surface area (Å²) in [6.07, 6.45) is 0. The number of hydrogen-bond donors (Lipinski definition) is 0. The standard InChI is InChI=1S/C8H10NO3S/c1-8(2,3)12-7(11)5-4-13-9-6(5)10/h4H,1-3H3. The molecule has 13 heavy (non-hydrogen) atoms. The van der Waals surface area contributed by atoms with Gasteiger partial charge in [-0.15, -0.1) is 0 Å². The van der Waals surface area contributed by atoms with E-state index in [1.807, 2.05) is 0 Å². The molecule has 1 aromatic rings. The van der Waals surface area contributed by atoms with Gasteiger partial charge in [0.05, 0.1) is 0 Å². The molecule has 0 bridgehead atoms. The summed E-state index contributed by atoms with van der Waals surface area (Å²) in [6.45, 7) is 5.24. The Morgan fingerprint density at radius 3 is 2.54 bits per heavy atom. The first-order valence-electron chi connectivity index (χ1n) is 3.75. The van der Waals surface area contributed by atoms with E-state index in [-0.39, 0.29) is 5.56 Å². The summed E-state index contributed by atoms with van der Waals surface area (Å²) in [7, 11) is 0. The van der Waals surface area contributed by atoms with E-state index in [9.17, 15) is 9.90 Å². The van der Waals surface area contributed by atoms with Crippen LogP contribution in [0.5, 0.6) is 5.88 Å². The number of rotatable bonds is 1. The fourth-order valence-corrected chi connectivity index (χ4v) is 1.24. The smallest absolute Gasteiger partial charge is 0.345 e. The third-order valence-corrected chi connectivity index (χ3v) is 1.77. The van der Waals surface area contributed by atoms with E-state index in [2.05, 4.69) is 4.37 Å². The van der Waals surface area contributed by atoms with Crippen LogP contribution in [0.1, 0.15) is 31.1 Å². The average molecular weight is 200 g/mol. The van der Waals surface area contributed by atoms with E-state index in [4.69, 9.17) is 4.74 Å². The van der Waals surface area contributed by atoms with Crippen molar-refractivity contribution in [3.05, 3.63) is 10.9 Å². The van der Waals surface area contributed by atoms with E-state index < -0.39 is 17.5 Å². The fraction of sp³-hybridized carbons (Fsp3) is 0.500. The SMILES string of the molecule is CC(C)(C)OC(=O)c1csnc1[O]. The Kier molecular flexibility index (Phi) is 2.56. The molecule has 0 N–H and O–H groups in total. The topological polar surface area (TPSA) is 59.1 Å². The van der Waals surface area contributed by atoms with Gasteiger partial charge in [0.2, 0.25) is 0 Å². The summed E-state index contributed by atoms with van der Waals surface area (Å²) in [5.74, 6) is -1.12. The molecule has 0 aliphatic carbocycles. The molecule has 5 heteroatoms. The number of carbonyl (C=O) groups excluding carboxylic acids is 1. The van der Waals surface area contributed by atoms with E-state index >= 15 is 0 Å². The second-order valence-electron chi connectivity index (χ2n) is 3.54. The van der Waals surface area contributed by atoms with Crippen LogP contribution >= 0.6 is 11.5 Å². The maximum Gasteiger partial charge on any atom is 0.345 e. The van der Waals surface area contributed by atoms with Crippen LogP contribution in [0.15, 0.2) is 5.38 Å². The van der Waals surface area contributed by atoms with Crippen molar-refractivity contribution < 1.29 is 14.6 Å². The Labute approximate surface area is 80.3 Å². The molecule has 1 heterocycles. The van der Waals surface area contributed by atoms with E-state index in [0.717, 1.165) is 11.5 Å². The van der Waals surface area contributed by atoms with Crippen molar-refractivity contribution in [2.24, 2.45) is 0 Å². The average Bonchev–Trinajstić information content (AvgIpc) is 2.30. The highest BCUT2D eigenvalue weighted by molar-refractivity contribution is 7.04. The molecule has 0 aliphatic rings. The zero-order chi connectivity index (χ0) is 10.1. The minimum absolute atomic E-state index is 0.0138. The van der Waals surface area contributed by atoms with Gasteiger partial charge in [-0.2, -0.15) is 4.37 Å². The van der Waals surface area contributed by atoms with Crippen molar-refractivity contribution >= 4 is 17.5 Å². The van der Waals surface area contributed by atoms with Crippen molar-refractivity contribution in [3.8, 4) is 5.88 Å². The fourth-order valence-electron chi connectivity index (χ4n) is 0.695. The number of carbonyl (C=O) groups is 1. The van der Waals surface area contributed by atoms with Gasteiger partial charge in [0.25, 0.3) is 5.88 Å². The molecule has 0 fully saturated rings. The van der Waals surface area contributed by atoms with Crippen LogP contribution < -0.4 is 0 Å². The zero-order valence-corrected chi connectivity index (χ0v) is 8.47. The quantitative estimate of drug-likeness (QED) is 0.653. The van der Waals surface area contributed by atoms with Gasteiger partial charge in [-0.1, -0.05) is 0 Å². The molecule has 0 unspecified atom stereocenters. The van der Waals surface area contributed by atoms with Gasteiger partial charge in [0.15, 0.2) is 0 Å². The Balaban J connectivity index is 2.76. The van der Waals surface area contributed by atoms with Gasteiger partial charge in [0.1, 0.15) is 11.2 Å². The summed E-state index contributed by atoms with van der Waals surface area (Å²) < 4.78 is 8.44. The molecule has 4 nitrogen and oxygen atoms in total. The summed E-state index contributed by atoms with van der Waals surface area (Å²) in [5.41, 5.74) is -0.564. The van der Waals surface area contributed by atoms with Crippen LogP contribution in [0.25, 0.3) is 0 Å². The van der Waals surface area contributed by atoms with Crippen LogP contribution in [-0.2, 0) is 9.84 Å². The van der Waals surface area contributed by atoms with Gasteiger partial charge in [-0.3, -0.25) is 5.11 Å². The van der Waals surface area contributed by atoms with Crippen molar-refractivity contribution in [3.63, 3.8) is 0 Å². The summed E-state index contributed by atoms with van der Waals surface area (Å²) >= 11 is 0.957. The third kappa shape index (κ3) is 2.69. The van der Waals surface area contributed by atoms with Crippen LogP contribution in [-0.4, -0.2) is 15.9 Å². The summed E-state index contributed by atoms with van der Waals surface area (Å²) in [6, 6.07) is 0. The van der Waals surface area contributed by atoms with Crippen LogP contribution in [0.4, 0.5) is 0 Å². The van der Waals surface area contributed by atoms with Crippen molar-refractivity contribution in [2.75, 3.05) is 0 Å². The first-order valence-corrected chi connectivity index (χ1v) is 4.58. The molecular formula is C8H10NO3S. The predicted molar refractivity (Wildman–Crippen MR) is 47.4 cm³/mol. The second-order valence-corrected chi connectivity index (χ2v) is 4.16. The number of nitrogens with zero attached hydrogens (tertiary/aromatic N) is 1. The first-order chi connectivity index (χ1) is 5.90. The highest BCUT2D eigenvalue weighted by Crippen LogP contribution is 2.21. The van der Waals surface area contributed by atoms with Crippen LogP contribution in [0, 0.1) is 0 Å². The van der Waals surface area contributed by atoms with Gasteiger partial charge < -0.3 is 4.74 Å². The number of ether oxygens (including phenoxy) is 1. The van der Waals surface area contributed by atoms with Crippen LogP contribution in [0.3, 0.4) is 0 Å². The molecule has 0 saturated heterocycles.